The lowest BCUT2D eigenvalue weighted by atomic mass is 9.60. The first kappa shape index (κ1) is 17.4. The van der Waals surface area contributed by atoms with Gasteiger partial charge in [0.05, 0.1) is 11.8 Å². The molecule has 0 bridgehead atoms. The monoisotopic (exact) mass is 343 g/mol. The number of nitrogens with one attached hydrogen (secondary N) is 1. The summed E-state index contributed by atoms with van der Waals surface area (Å²) >= 11 is 0. The van der Waals surface area contributed by atoms with Crippen LogP contribution < -0.4 is 5.32 Å². The third-order valence-corrected chi connectivity index (χ3v) is 6.82. The lowest BCUT2D eigenvalue weighted by Crippen LogP contribution is -2.65. The van der Waals surface area contributed by atoms with E-state index in [1.54, 1.807) is 0 Å². The van der Waals surface area contributed by atoms with E-state index in [4.69, 9.17) is 4.74 Å². The summed E-state index contributed by atoms with van der Waals surface area (Å²) in [6, 6.07) is 7.59. The number of ether oxygens (including phenoxy) is 1. The maximum Gasteiger partial charge on any atom is 0.0661 e. The second-order valence-electron chi connectivity index (χ2n) is 8.21. The van der Waals surface area contributed by atoms with Crippen LogP contribution in [0.2, 0.25) is 0 Å². The van der Waals surface area contributed by atoms with Gasteiger partial charge in [-0.2, -0.15) is 0 Å². The third kappa shape index (κ3) is 3.62. The Kier molecular flexibility index (Phi) is 5.39. The highest BCUT2D eigenvalue weighted by molar-refractivity contribution is 5.11. The van der Waals surface area contributed by atoms with Gasteiger partial charge in [-0.25, -0.2) is 0 Å². The van der Waals surface area contributed by atoms with Gasteiger partial charge in [0.25, 0.3) is 0 Å². The molecule has 0 amide bonds. The second-order valence-corrected chi connectivity index (χ2v) is 8.21. The zero-order chi connectivity index (χ0) is 17.1. The van der Waals surface area contributed by atoms with Crippen LogP contribution in [0.3, 0.4) is 0 Å². The number of likely N-dealkylation sites (tertiary alicyclic amines) is 1. The topological polar surface area (TPSA) is 37.4 Å². The molecule has 4 heteroatoms. The van der Waals surface area contributed by atoms with Crippen LogP contribution in [-0.2, 0) is 11.3 Å². The first-order valence-electron chi connectivity index (χ1n) is 10.3. The van der Waals surface area contributed by atoms with Crippen molar-refractivity contribution in [3.05, 3.63) is 30.1 Å². The predicted molar refractivity (Wildman–Crippen MR) is 100 cm³/mol. The number of aromatic nitrogens is 1. The van der Waals surface area contributed by atoms with E-state index in [1.165, 1.54) is 63.7 Å². The lowest BCUT2D eigenvalue weighted by Gasteiger charge is -2.55. The Balaban J connectivity index is 1.26. The molecule has 2 atom stereocenters. The van der Waals surface area contributed by atoms with Crippen molar-refractivity contribution in [2.75, 3.05) is 19.7 Å². The molecular formula is C21H33N3O. The van der Waals surface area contributed by atoms with Crippen LogP contribution in [0.5, 0.6) is 0 Å². The number of pyridine rings is 1. The minimum Gasteiger partial charge on any atom is -0.378 e. The standard InChI is InChI=1S/C21H33N3O/c1-2-25-20-15-19(21(20)10-4-5-11-21)23-17-8-13-24(14-9-17)16-18-7-3-6-12-22-18/h3,6-7,12,17,19-20,23H,2,4-5,8-11,13-16H2,1H3/t19-,20+/m1/s1. The van der Waals surface area contributed by atoms with E-state index in [-0.39, 0.29) is 0 Å². The Hall–Kier alpha value is -0.970. The maximum absolute atomic E-state index is 6.06. The molecule has 4 rings (SSSR count). The average molecular weight is 344 g/mol. The van der Waals surface area contributed by atoms with Crippen molar-refractivity contribution in [1.82, 2.24) is 15.2 Å². The molecule has 0 aromatic carbocycles. The van der Waals surface area contributed by atoms with E-state index >= 15 is 0 Å². The summed E-state index contributed by atoms with van der Waals surface area (Å²) in [5, 5.41) is 4.04. The summed E-state index contributed by atoms with van der Waals surface area (Å²) in [6.07, 6.45) is 11.7. The van der Waals surface area contributed by atoms with Gasteiger partial charge < -0.3 is 10.1 Å². The van der Waals surface area contributed by atoms with Crippen LogP contribution in [0.4, 0.5) is 0 Å². The molecule has 1 aromatic rings. The van der Waals surface area contributed by atoms with Gasteiger partial charge in [0.1, 0.15) is 0 Å². The van der Waals surface area contributed by atoms with Crippen molar-refractivity contribution >= 4 is 0 Å². The van der Waals surface area contributed by atoms with Gasteiger partial charge in [-0.1, -0.05) is 18.9 Å². The number of hydrogen-bond acceptors (Lipinski definition) is 4. The molecule has 1 N–H and O–H groups in total. The van der Waals surface area contributed by atoms with Crippen molar-refractivity contribution in [1.29, 1.82) is 0 Å². The molecule has 1 saturated heterocycles. The molecule has 2 saturated carbocycles. The fourth-order valence-corrected chi connectivity index (χ4v) is 5.38. The minimum atomic E-state index is 0.459. The summed E-state index contributed by atoms with van der Waals surface area (Å²) in [5.74, 6) is 0. The molecule has 1 aromatic heterocycles. The van der Waals surface area contributed by atoms with E-state index in [2.05, 4.69) is 34.3 Å². The van der Waals surface area contributed by atoms with Crippen molar-refractivity contribution < 1.29 is 4.74 Å². The fraction of sp³-hybridized carbons (Fsp3) is 0.762. The Bertz CT molecular complexity index is 535. The van der Waals surface area contributed by atoms with E-state index in [1.807, 2.05) is 12.3 Å². The van der Waals surface area contributed by atoms with Crippen molar-refractivity contribution in [3.63, 3.8) is 0 Å². The third-order valence-electron chi connectivity index (χ3n) is 6.82. The number of rotatable bonds is 6. The first-order valence-corrected chi connectivity index (χ1v) is 10.3. The van der Waals surface area contributed by atoms with Gasteiger partial charge in [-0.3, -0.25) is 9.88 Å². The zero-order valence-electron chi connectivity index (χ0n) is 15.6. The van der Waals surface area contributed by atoms with Crippen molar-refractivity contribution in [2.24, 2.45) is 5.41 Å². The molecule has 1 aliphatic heterocycles. The zero-order valence-corrected chi connectivity index (χ0v) is 15.6. The lowest BCUT2D eigenvalue weighted by molar-refractivity contribution is -0.133. The van der Waals surface area contributed by atoms with Crippen LogP contribution in [-0.4, -0.2) is 47.8 Å². The van der Waals surface area contributed by atoms with Gasteiger partial charge in [0.2, 0.25) is 0 Å². The van der Waals surface area contributed by atoms with Gasteiger partial charge in [0, 0.05) is 49.9 Å². The predicted octanol–water partition coefficient (Wildman–Crippen LogP) is 3.37. The largest absolute Gasteiger partial charge is 0.378 e. The highest BCUT2D eigenvalue weighted by Gasteiger charge is 2.56. The molecule has 0 radical (unpaired) electrons. The molecular weight excluding hydrogens is 310 g/mol. The Labute approximate surface area is 152 Å². The molecule has 25 heavy (non-hydrogen) atoms. The Morgan fingerprint density at radius 1 is 1.24 bits per heavy atom. The molecule has 2 heterocycles. The van der Waals surface area contributed by atoms with Crippen LogP contribution in [0.25, 0.3) is 0 Å². The minimum absolute atomic E-state index is 0.459. The summed E-state index contributed by atoms with van der Waals surface area (Å²) in [6.45, 7) is 6.37. The smallest absolute Gasteiger partial charge is 0.0661 e. The van der Waals surface area contributed by atoms with Gasteiger partial charge in [-0.05, 0) is 51.2 Å². The normalized spacial score (nSPS) is 29.8. The van der Waals surface area contributed by atoms with Gasteiger partial charge in [0.15, 0.2) is 0 Å². The highest BCUT2D eigenvalue weighted by atomic mass is 16.5. The first-order chi connectivity index (χ1) is 12.3. The van der Waals surface area contributed by atoms with E-state index in [0.717, 1.165) is 13.2 Å². The molecule has 3 fully saturated rings. The molecule has 2 aliphatic carbocycles. The van der Waals surface area contributed by atoms with E-state index in [9.17, 15) is 0 Å². The molecule has 138 valence electrons. The summed E-state index contributed by atoms with van der Waals surface area (Å²) in [5.41, 5.74) is 1.65. The highest BCUT2D eigenvalue weighted by Crippen LogP contribution is 2.55. The van der Waals surface area contributed by atoms with Gasteiger partial charge >= 0.3 is 0 Å². The van der Waals surface area contributed by atoms with E-state index in [0.29, 0.717) is 23.6 Å². The van der Waals surface area contributed by atoms with Crippen LogP contribution in [0, 0.1) is 5.41 Å². The van der Waals surface area contributed by atoms with Gasteiger partial charge in [-0.15, -0.1) is 0 Å². The molecule has 3 aliphatic rings. The maximum atomic E-state index is 6.06. The number of nitrogens with zero attached hydrogens (tertiary/aromatic N) is 2. The Morgan fingerprint density at radius 2 is 2.04 bits per heavy atom. The van der Waals surface area contributed by atoms with Crippen molar-refractivity contribution in [3.8, 4) is 0 Å². The molecule has 4 nitrogen and oxygen atoms in total. The SMILES string of the molecule is CCO[C@H]1C[C@@H](NC2CCN(Cc3ccccn3)CC2)C12CCCC2. The average Bonchev–Trinajstić information content (AvgIpc) is 3.16. The van der Waals surface area contributed by atoms with Crippen LogP contribution in [0.15, 0.2) is 24.4 Å². The molecule has 1 spiro atoms. The van der Waals surface area contributed by atoms with Crippen LogP contribution >= 0.6 is 0 Å². The summed E-state index contributed by atoms with van der Waals surface area (Å²) in [4.78, 5) is 7.02. The van der Waals surface area contributed by atoms with E-state index < -0.39 is 0 Å². The summed E-state index contributed by atoms with van der Waals surface area (Å²) in [7, 11) is 0. The fourth-order valence-electron chi connectivity index (χ4n) is 5.38. The number of piperidine rings is 1. The van der Waals surface area contributed by atoms with Crippen molar-refractivity contribution in [2.45, 2.75) is 76.6 Å². The second kappa shape index (κ2) is 7.73. The summed E-state index contributed by atoms with van der Waals surface area (Å²) < 4.78 is 6.06. The Morgan fingerprint density at radius 3 is 2.72 bits per heavy atom. The van der Waals surface area contributed by atoms with Crippen LogP contribution in [0.1, 0.15) is 57.6 Å². The molecule has 0 unspecified atom stereocenters. The number of hydrogen-bond donors (Lipinski definition) is 1. The quantitative estimate of drug-likeness (QED) is 0.859.